The summed E-state index contributed by atoms with van der Waals surface area (Å²) in [5.74, 6) is 0. The minimum Gasteiger partial charge on any atom is -0.0991 e. The number of hydrogen-bond acceptors (Lipinski definition) is 0. The van der Waals surface area contributed by atoms with Crippen molar-refractivity contribution >= 4 is 0 Å². The average Bonchev–Trinajstić information content (AvgIpc) is 2.09. The van der Waals surface area contributed by atoms with Crippen LogP contribution in [0.3, 0.4) is 0 Å². The van der Waals surface area contributed by atoms with E-state index in [-0.39, 0.29) is 0 Å². The Morgan fingerprint density at radius 3 is 2.42 bits per heavy atom. The maximum absolute atomic E-state index is 3.58. The second-order valence-electron chi connectivity index (χ2n) is 2.42. The summed E-state index contributed by atoms with van der Waals surface area (Å²) in [6.07, 6.45) is 15.8. The Hall–Kier alpha value is -1.30. The first-order valence-corrected chi connectivity index (χ1v) is 4.06. The van der Waals surface area contributed by atoms with Gasteiger partial charge in [-0.05, 0) is 13.8 Å². The smallest absolute Gasteiger partial charge is 0.0398 e. The van der Waals surface area contributed by atoms with Crippen molar-refractivity contribution in [2.45, 2.75) is 13.8 Å². The predicted octanol–water partition coefficient (Wildman–Crippen LogP) is 3.81. The van der Waals surface area contributed by atoms with Gasteiger partial charge in [-0.25, -0.2) is 0 Å². The van der Waals surface area contributed by atoms with Crippen molar-refractivity contribution in [3.63, 3.8) is 0 Å². The van der Waals surface area contributed by atoms with Gasteiger partial charge in [0.1, 0.15) is 0 Å². The lowest BCUT2D eigenvalue weighted by Crippen LogP contribution is -1.63. The Bertz CT molecular complexity index is 224. The molecule has 0 atom stereocenters. The maximum atomic E-state index is 3.58. The maximum Gasteiger partial charge on any atom is -0.0398 e. The van der Waals surface area contributed by atoms with Crippen molar-refractivity contribution in [1.29, 1.82) is 0 Å². The predicted molar refractivity (Wildman–Crippen MR) is 57.0 cm³/mol. The highest BCUT2D eigenvalue weighted by Crippen LogP contribution is 1.95. The molecule has 0 aliphatic carbocycles. The molecule has 0 saturated heterocycles. The van der Waals surface area contributed by atoms with E-state index in [4.69, 9.17) is 0 Å². The molecule has 0 aliphatic rings. The van der Waals surface area contributed by atoms with Crippen LogP contribution in [-0.2, 0) is 0 Å². The van der Waals surface area contributed by atoms with Crippen LogP contribution in [0.4, 0.5) is 0 Å². The molecule has 0 amide bonds. The molecule has 0 heteroatoms. The third kappa shape index (κ3) is 6.81. The molecule has 0 spiro atoms. The topological polar surface area (TPSA) is 0 Å². The standard InChI is InChI=1S/C12H16/c1-4-6-8-9-11-12(3)10-7-5-2/h4-11H,1H2,2-3H3/b7-5-,8-6-,11-9-,12-10+. The van der Waals surface area contributed by atoms with Crippen molar-refractivity contribution in [3.05, 3.63) is 60.8 Å². The van der Waals surface area contributed by atoms with E-state index < -0.39 is 0 Å². The summed E-state index contributed by atoms with van der Waals surface area (Å²) in [6.45, 7) is 7.65. The van der Waals surface area contributed by atoms with Gasteiger partial charge >= 0.3 is 0 Å². The fourth-order valence-electron chi connectivity index (χ4n) is 0.654. The minimum absolute atomic E-state index is 1.24. The summed E-state index contributed by atoms with van der Waals surface area (Å²) in [7, 11) is 0. The molecule has 0 N–H and O–H groups in total. The molecule has 0 aromatic heterocycles. The number of hydrogen-bond donors (Lipinski definition) is 0. The number of rotatable bonds is 4. The zero-order valence-corrected chi connectivity index (χ0v) is 7.83. The van der Waals surface area contributed by atoms with Crippen LogP contribution < -0.4 is 0 Å². The number of allylic oxidation sites excluding steroid dienone is 9. The van der Waals surface area contributed by atoms with E-state index in [1.54, 1.807) is 6.08 Å². The monoisotopic (exact) mass is 160 g/mol. The minimum atomic E-state index is 1.24. The Balaban J connectivity index is 3.98. The van der Waals surface area contributed by atoms with Gasteiger partial charge in [-0.3, -0.25) is 0 Å². The third-order valence-corrected chi connectivity index (χ3v) is 1.27. The lowest BCUT2D eigenvalue weighted by molar-refractivity contribution is 1.52. The van der Waals surface area contributed by atoms with Crippen molar-refractivity contribution in [2.75, 3.05) is 0 Å². The van der Waals surface area contributed by atoms with Crippen LogP contribution in [0, 0.1) is 0 Å². The lowest BCUT2D eigenvalue weighted by Gasteiger charge is -1.85. The largest absolute Gasteiger partial charge is 0.0991 e. The molecule has 0 aromatic carbocycles. The van der Waals surface area contributed by atoms with E-state index in [1.165, 1.54) is 5.57 Å². The molecule has 0 nitrogen and oxygen atoms in total. The summed E-state index contributed by atoms with van der Waals surface area (Å²) < 4.78 is 0. The van der Waals surface area contributed by atoms with E-state index in [0.717, 1.165) is 0 Å². The molecular formula is C12H16. The van der Waals surface area contributed by atoms with Gasteiger partial charge in [0.2, 0.25) is 0 Å². The molecule has 0 fully saturated rings. The van der Waals surface area contributed by atoms with Gasteiger partial charge in [-0.15, -0.1) is 0 Å². The zero-order chi connectivity index (χ0) is 9.23. The molecule has 0 aromatic rings. The lowest BCUT2D eigenvalue weighted by atomic mass is 10.2. The highest BCUT2D eigenvalue weighted by molar-refractivity contribution is 5.24. The zero-order valence-electron chi connectivity index (χ0n) is 7.83. The molecule has 0 saturated carbocycles. The van der Waals surface area contributed by atoms with Crippen LogP contribution >= 0.6 is 0 Å². The quantitative estimate of drug-likeness (QED) is 0.549. The van der Waals surface area contributed by atoms with Gasteiger partial charge < -0.3 is 0 Å². The first kappa shape index (κ1) is 10.7. The first-order valence-electron chi connectivity index (χ1n) is 4.06. The van der Waals surface area contributed by atoms with Gasteiger partial charge in [0, 0.05) is 0 Å². The summed E-state index contributed by atoms with van der Waals surface area (Å²) in [4.78, 5) is 0. The first-order chi connectivity index (χ1) is 5.81. The second-order valence-corrected chi connectivity index (χ2v) is 2.42. The summed E-state index contributed by atoms with van der Waals surface area (Å²) in [5, 5.41) is 0. The highest BCUT2D eigenvalue weighted by atomic mass is 13.8. The van der Waals surface area contributed by atoms with E-state index in [2.05, 4.69) is 25.7 Å². The fraction of sp³-hybridized carbons (Fsp3) is 0.167. The molecule has 0 radical (unpaired) electrons. The van der Waals surface area contributed by atoms with E-state index in [1.807, 2.05) is 37.3 Å². The molecule has 0 bridgehead atoms. The molecule has 0 aliphatic heterocycles. The Labute approximate surface area is 75.3 Å². The summed E-state index contributed by atoms with van der Waals surface area (Å²) in [5.41, 5.74) is 1.24. The van der Waals surface area contributed by atoms with Crippen molar-refractivity contribution in [2.24, 2.45) is 0 Å². The third-order valence-electron chi connectivity index (χ3n) is 1.27. The Kier molecular flexibility index (Phi) is 6.96. The van der Waals surface area contributed by atoms with Gasteiger partial charge in [0.15, 0.2) is 0 Å². The van der Waals surface area contributed by atoms with Crippen molar-refractivity contribution in [3.8, 4) is 0 Å². The molecule has 64 valence electrons. The van der Waals surface area contributed by atoms with Crippen LogP contribution in [-0.4, -0.2) is 0 Å². The summed E-state index contributed by atoms with van der Waals surface area (Å²) in [6, 6.07) is 0. The molecule has 12 heavy (non-hydrogen) atoms. The molecule has 0 unspecified atom stereocenters. The van der Waals surface area contributed by atoms with Crippen LogP contribution in [0.25, 0.3) is 0 Å². The SMILES string of the molecule is C=C\C=C/C=C\C(C)=C\C=C/C. The van der Waals surface area contributed by atoms with Gasteiger partial charge in [0.05, 0.1) is 0 Å². The van der Waals surface area contributed by atoms with Crippen molar-refractivity contribution in [1.82, 2.24) is 0 Å². The van der Waals surface area contributed by atoms with Crippen molar-refractivity contribution < 1.29 is 0 Å². The van der Waals surface area contributed by atoms with Gasteiger partial charge in [-0.2, -0.15) is 0 Å². The molecular weight excluding hydrogens is 144 g/mol. The van der Waals surface area contributed by atoms with Crippen LogP contribution in [0.5, 0.6) is 0 Å². The Morgan fingerprint density at radius 2 is 1.83 bits per heavy atom. The highest BCUT2D eigenvalue weighted by Gasteiger charge is 1.74. The average molecular weight is 160 g/mol. The van der Waals surface area contributed by atoms with Gasteiger partial charge in [-0.1, -0.05) is 60.8 Å². The van der Waals surface area contributed by atoms with E-state index >= 15 is 0 Å². The van der Waals surface area contributed by atoms with E-state index in [0.29, 0.717) is 0 Å². The normalized spacial score (nSPS) is 13.7. The van der Waals surface area contributed by atoms with Crippen LogP contribution in [0.2, 0.25) is 0 Å². The second kappa shape index (κ2) is 7.80. The van der Waals surface area contributed by atoms with Crippen LogP contribution in [0.1, 0.15) is 13.8 Å². The molecule has 0 rings (SSSR count). The molecule has 0 heterocycles. The van der Waals surface area contributed by atoms with Crippen LogP contribution in [0.15, 0.2) is 60.8 Å². The summed E-state index contributed by atoms with van der Waals surface area (Å²) >= 11 is 0. The Morgan fingerprint density at radius 1 is 1.08 bits per heavy atom. The fourth-order valence-corrected chi connectivity index (χ4v) is 0.654. The van der Waals surface area contributed by atoms with Gasteiger partial charge in [0.25, 0.3) is 0 Å². The van der Waals surface area contributed by atoms with E-state index in [9.17, 15) is 0 Å².